The minimum absolute atomic E-state index is 0.109. The molecule has 2 aliphatic rings. The number of carbonyl (C=O) groups is 2. The monoisotopic (exact) mass is 418 g/mol. The summed E-state index contributed by atoms with van der Waals surface area (Å²) in [5.74, 6) is 0.758. The topological polar surface area (TPSA) is 64.7 Å². The molecule has 4 atom stereocenters. The van der Waals surface area contributed by atoms with Crippen LogP contribution in [0.25, 0.3) is 0 Å². The SMILES string of the molecule is C[C@@H]1[C@H](C)CCC[C@H]1NC(=O)[C@@H](C)N1CCN(CC(=O)Nc2cccc(F)c2)CC1. The third kappa shape index (κ3) is 6.01. The van der Waals surface area contributed by atoms with Gasteiger partial charge in [-0.15, -0.1) is 0 Å². The lowest BCUT2D eigenvalue weighted by Crippen LogP contribution is -2.56. The van der Waals surface area contributed by atoms with Crippen molar-refractivity contribution in [2.24, 2.45) is 11.8 Å². The van der Waals surface area contributed by atoms with Crippen LogP contribution < -0.4 is 10.6 Å². The number of amides is 2. The first kappa shape index (κ1) is 22.7. The number of rotatable bonds is 6. The van der Waals surface area contributed by atoms with E-state index in [4.69, 9.17) is 0 Å². The van der Waals surface area contributed by atoms with Gasteiger partial charge in [0.1, 0.15) is 5.82 Å². The van der Waals surface area contributed by atoms with Crippen molar-refractivity contribution in [1.82, 2.24) is 15.1 Å². The van der Waals surface area contributed by atoms with Crippen molar-refractivity contribution >= 4 is 17.5 Å². The summed E-state index contributed by atoms with van der Waals surface area (Å²) in [6, 6.07) is 6.01. The van der Waals surface area contributed by atoms with Gasteiger partial charge < -0.3 is 10.6 Å². The van der Waals surface area contributed by atoms with E-state index in [9.17, 15) is 14.0 Å². The summed E-state index contributed by atoms with van der Waals surface area (Å²) in [5.41, 5.74) is 0.468. The summed E-state index contributed by atoms with van der Waals surface area (Å²) < 4.78 is 13.2. The molecule has 0 unspecified atom stereocenters. The van der Waals surface area contributed by atoms with Crippen LogP contribution in [0.1, 0.15) is 40.0 Å². The summed E-state index contributed by atoms with van der Waals surface area (Å²) in [4.78, 5) is 29.3. The Morgan fingerprint density at radius 3 is 2.60 bits per heavy atom. The van der Waals surface area contributed by atoms with E-state index in [1.54, 1.807) is 12.1 Å². The number of hydrogen-bond donors (Lipinski definition) is 2. The van der Waals surface area contributed by atoms with Gasteiger partial charge in [-0.2, -0.15) is 0 Å². The second-order valence-electron chi connectivity index (χ2n) is 8.93. The van der Waals surface area contributed by atoms with E-state index in [0.29, 0.717) is 17.5 Å². The highest BCUT2D eigenvalue weighted by molar-refractivity contribution is 5.92. The highest BCUT2D eigenvalue weighted by atomic mass is 19.1. The van der Waals surface area contributed by atoms with Crippen molar-refractivity contribution in [1.29, 1.82) is 0 Å². The first-order valence-electron chi connectivity index (χ1n) is 11.2. The summed E-state index contributed by atoms with van der Waals surface area (Å²) >= 11 is 0. The number of halogens is 1. The summed E-state index contributed by atoms with van der Waals surface area (Å²) in [6.45, 7) is 9.71. The zero-order valence-corrected chi connectivity index (χ0v) is 18.4. The number of benzene rings is 1. The minimum Gasteiger partial charge on any atom is -0.352 e. The molecule has 1 aromatic rings. The maximum Gasteiger partial charge on any atom is 0.238 e. The molecular weight excluding hydrogens is 383 g/mol. The summed E-state index contributed by atoms with van der Waals surface area (Å²) in [5, 5.41) is 6.02. The van der Waals surface area contributed by atoms with Gasteiger partial charge in [0.25, 0.3) is 0 Å². The lowest BCUT2D eigenvalue weighted by Gasteiger charge is -2.39. The molecule has 1 aliphatic heterocycles. The molecule has 0 radical (unpaired) electrons. The van der Waals surface area contributed by atoms with E-state index >= 15 is 0 Å². The Hall–Kier alpha value is -1.99. The average Bonchev–Trinajstić information content (AvgIpc) is 2.71. The Labute approximate surface area is 179 Å². The predicted octanol–water partition coefficient (Wildman–Crippen LogP) is 2.71. The van der Waals surface area contributed by atoms with Gasteiger partial charge >= 0.3 is 0 Å². The number of nitrogens with one attached hydrogen (secondary N) is 2. The van der Waals surface area contributed by atoms with Crippen LogP contribution in [0.5, 0.6) is 0 Å². The van der Waals surface area contributed by atoms with Crippen molar-refractivity contribution in [3.05, 3.63) is 30.1 Å². The van der Waals surface area contributed by atoms with Crippen LogP contribution in [0.2, 0.25) is 0 Å². The van der Waals surface area contributed by atoms with E-state index in [0.717, 1.165) is 32.6 Å². The Balaban J connectivity index is 1.42. The van der Waals surface area contributed by atoms with Gasteiger partial charge in [0.2, 0.25) is 11.8 Å². The zero-order chi connectivity index (χ0) is 21.7. The number of carbonyl (C=O) groups excluding carboxylic acids is 2. The van der Waals surface area contributed by atoms with Crippen LogP contribution in [0.3, 0.4) is 0 Å². The maximum atomic E-state index is 13.2. The molecule has 0 aromatic heterocycles. The van der Waals surface area contributed by atoms with Gasteiger partial charge in [0.05, 0.1) is 12.6 Å². The van der Waals surface area contributed by atoms with Gasteiger partial charge in [-0.1, -0.05) is 32.8 Å². The molecule has 1 saturated carbocycles. The molecule has 1 saturated heterocycles. The number of nitrogens with zero attached hydrogens (tertiary/aromatic N) is 2. The fourth-order valence-electron chi connectivity index (χ4n) is 4.53. The lowest BCUT2D eigenvalue weighted by molar-refractivity contribution is -0.128. The first-order chi connectivity index (χ1) is 14.3. The van der Waals surface area contributed by atoms with Crippen molar-refractivity contribution < 1.29 is 14.0 Å². The van der Waals surface area contributed by atoms with Crippen molar-refractivity contribution in [3.8, 4) is 0 Å². The fourth-order valence-corrected chi connectivity index (χ4v) is 4.53. The maximum absolute atomic E-state index is 13.2. The Morgan fingerprint density at radius 1 is 1.17 bits per heavy atom. The van der Waals surface area contributed by atoms with Crippen molar-refractivity contribution in [2.75, 3.05) is 38.0 Å². The summed E-state index contributed by atoms with van der Waals surface area (Å²) in [6.07, 6.45) is 3.50. The molecule has 2 N–H and O–H groups in total. The Morgan fingerprint density at radius 2 is 1.90 bits per heavy atom. The third-order valence-corrected chi connectivity index (χ3v) is 6.84. The first-order valence-corrected chi connectivity index (χ1v) is 11.2. The van der Waals surface area contributed by atoms with E-state index in [1.807, 2.05) is 6.92 Å². The molecular formula is C23H35FN4O2. The lowest BCUT2D eigenvalue weighted by atomic mass is 9.78. The van der Waals surface area contributed by atoms with Gasteiger partial charge in [-0.05, 0) is 43.4 Å². The fraction of sp³-hybridized carbons (Fsp3) is 0.652. The van der Waals surface area contributed by atoms with Gasteiger partial charge in [0, 0.05) is 37.9 Å². The van der Waals surface area contributed by atoms with Crippen LogP contribution >= 0.6 is 0 Å². The number of hydrogen-bond acceptors (Lipinski definition) is 4. The molecule has 1 aromatic carbocycles. The minimum atomic E-state index is -0.370. The second kappa shape index (κ2) is 10.4. The standard InChI is InChI=1S/C23H35FN4O2/c1-16-6-4-9-21(17(16)2)26-23(30)18(3)28-12-10-27(11-13-28)15-22(29)25-20-8-5-7-19(24)14-20/h5,7-8,14,16-18,21H,4,6,9-13,15H2,1-3H3,(H,25,29)(H,26,30)/t16-,17-,18-,21-/m1/s1. The molecule has 1 aliphatic carbocycles. The summed E-state index contributed by atoms with van der Waals surface area (Å²) in [7, 11) is 0. The Kier molecular flexibility index (Phi) is 7.83. The largest absolute Gasteiger partial charge is 0.352 e. The van der Waals surface area contributed by atoms with Crippen LogP contribution in [0, 0.1) is 17.7 Å². The molecule has 7 heteroatoms. The van der Waals surface area contributed by atoms with E-state index < -0.39 is 0 Å². The van der Waals surface area contributed by atoms with Crippen LogP contribution in [-0.2, 0) is 9.59 Å². The van der Waals surface area contributed by atoms with Crippen LogP contribution in [0.15, 0.2) is 24.3 Å². The van der Waals surface area contributed by atoms with E-state index in [-0.39, 0.29) is 36.3 Å². The zero-order valence-electron chi connectivity index (χ0n) is 18.4. The van der Waals surface area contributed by atoms with Crippen LogP contribution in [-0.4, -0.2) is 66.4 Å². The molecule has 6 nitrogen and oxygen atoms in total. The average molecular weight is 419 g/mol. The number of piperazine rings is 1. The van der Waals surface area contributed by atoms with Gasteiger partial charge in [-0.25, -0.2) is 4.39 Å². The van der Waals surface area contributed by atoms with Gasteiger partial charge in [-0.3, -0.25) is 19.4 Å². The Bertz CT molecular complexity index is 736. The second-order valence-corrected chi connectivity index (χ2v) is 8.93. The highest BCUT2D eigenvalue weighted by Crippen LogP contribution is 2.29. The van der Waals surface area contributed by atoms with E-state index in [1.165, 1.54) is 25.0 Å². The van der Waals surface area contributed by atoms with Crippen molar-refractivity contribution in [3.63, 3.8) is 0 Å². The highest BCUT2D eigenvalue weighted by Gasteiger charge is 2.31. The van der Waals surface area contributed by atoms with Gasteiger partial charge in [0.15, 0.2) is 0 Å². The molecule has 30 heavy (non-hydrogen) atoms. The number of anilines is 1. The molecule has 2 fully saturated rings. The smallest absolute Gasteiger partial charge is 0.238 e. The quantitative estimate of drug-likeness (QED) is 0.746. The molecule has 0 spiro atoms. The van der Waals surface area contributed by atoms with E-state index in [2.05, 4.69) is 34.3 Å². The molecule has 3 rings (SSSR count). The van der Waals surface area contributed by atoms with Crippen molar-refractivity contribution in [2.45, 2.75) is 52.1 Å². The third-order valence-electron chi connectivity index (χ3n) is 6.84. The normalized spacial score (nSPS) is 26.7. The predicted molar refractivity (Wildman–Crippen MR) is 117 cm³/mol. The molecule has 1 heterocycles. The molecule has 0 bridgehead atoms. The molecule has 2 amide bonds. The molecule has 166 valence electrons. The van der Waals surface area contributed by atoms with Crippen LogP contribution in [0.4, 0.5) is 10.1 Å².